The van der Waals surface area contributed by atoms with Crippen LogP contribution in [0.4, 0.5) is 0 Å². The molecule has 3 rings (SSSR count). The van der Waals surface area contributed by atoms with Crippen LogP contribution >= 0.6 is 0 Å². The van der Waals surface area contributed by atoms with E-state index in [1.807, 2.05) is 0 Å². The first-order valence-electron chi connectivity index (χ1n) is 8.45. The maximum Gasteiger partial charge on any atom is 0.198 e. The number of methoxy groups -OCH3 is 3. The van der Waals surface area contributed by atoms with Gasteiger partial charge in [-0.3, -0.25) is 4.79 Å². The fourth-order valence-corrected chi connectivity index (χ4v) is 3.30. The molecule has 0 saturated heterocycles. The SMILES string of the molecule is COC1=C(c2ccc(OC)cc2)C(=O)[C@H](O)[C@@](O)(c2ccc(OC)cc2)C1. The molecule has 0 aromatic heterocycles. The van der Waals surface area contributed by atoms with E-state index in [-0.39, 0.29) is 12.0 Å². The second-order valence-corrected chi connectivity index (χ2v) is 6.33. The first kappa shape index (κ1) is 18.9. The summed E-state index contributed by atoms with van der Waals surface area (Å²) >= 11 is 0. The number of aliphatic hydroxyl groups excluding tert-OH is 1. The zero-order valence-electron chi connectivity index (χ0n) is 15.4. The summed E-state index contributed by atoms with van der Waals surface area (Å²) in [5, 5.41) is 21.8. The molecule has 2 N–H and O–H groups in total. The summed E-state index contributed by atoms with van der Waals surface area (Å²) < 4.78 is 15.7. The summed E-state index contributed by atoms with van der Waals surface area (Å²) in [4.78, 5) is 13.0. The molecule has 6 nitrogen and oxygen atoms in total. The van der Waals surface area contributed by atoms with Gasteiger partial charge in [0.05, 0.1) is 26.9 Å². The molecule has 0 unspecified atom stereocenters. The van der Waals surface area contributed by atoms with Gasteiger partial charge in [0.25, 0.3) is 0 Å². The van der Waals surface area contributed by atoms with Crippen molar-refractivity contribution in [3.8, 4) is 11.5 Å². The minimum absolute atomic E-state index is 0.0376. The van der Waals surface area contributed by atoms with E-state index in [4.69, 9.17) is 14.2 Å². The molecule has 1 aliphatic carbocycles. The average Bonchev–Trinajstić information content (AvgIpc) is 2.72. The smallest absolute Gasteiger partial charge is 0.198 e. The number of ether oxygens (including phenoxy) is 3. The van der Waals surface area contributed by atoms with Crippen LogP contribution in [0.5, 0.6) is 11.5 Å². The summed E-state index contributed by atoms with van der Waals surface area (Å²) in [6.45, 7) is 0. The molecule has 142 valence electrons. The van der Waals surface area contributed by atoms with E-state index < -0.39 is 17.5 Å². The Morgan fingerprint density at radius 1 is 0.889 bits per heavy atom. The largest absolute Gasteiger partial charge is 0.500 e. The summed E-state index contributed by atoms with van der Waals surface area (Å²) in [6, 6.07) is 13.5. The molecule has 0 heterocycles. The van der Waals surface area contributed by atoms with Gasteiger partial charge in [-0.25, -0.2) is 0 Å². The van der Waals surface area contributed by atoms with Gasteiger partial charge in [0.15, 0.2) is 11.9 Å². The van der Waals surface area contributed by atoms with Gasteiger partial charge >= 0.3 is 0 Å². The van der Waals surface area contributed by atoms with Crippen molar-refractivity contribution in [1.82, 2.24) is 0 Å². The number of rotatable bonds is 5. The number of benzene rings is 2. The van der Waals surface area contributed by atoms with Gasteiger partial charge < -0.3 is 24.4 Å². The van der Waals surface area contributed by atoms with Crippen molar-refractivity contribution in [3.05, 3.63) is 65.4 Å². The second kappa shape index (κ2) is 7.42. The number of carbonyl (C=O) groups is 1. The number of Topliss-reactive ketones (excluding diaryl/α,β-unsaturated/α-hetero) is 1. The van der Waals surface area contributed by atoms with Gasteiger partial charge in [0.1, 0.15) is 22.9 Å². The van der Waals surface area contributed by atoms with Crippen LogP contribution in [0.1, 0.15) is 17.5 Å². The third-order valence-corrected chi connectivity index (χ3v) is 4.87. The topological polar surface area (TPSA) is 85.2 Å². The molecular weight excluding hydrogens is 348 g/mol. The Hall–Kier alpha value is -2.83. The fraction of sp³-hybridized carbons (Fsp3) is 0.286. The molecule has 2 aromatic carbocycles. The van der Waals surface area contributed by atoms with Crippen molar-refractivity contribution in [2.45, 2.75) is 18.1 Å². The van der Waals surface area contributed by atoms with Crippen molar-refractivity contribution < 1.29 is 29.2 Å². The molecule has 0 saturated carbocycles. The van der Waals surface area contributed by atoms with Gasteiger partial charge in [0.2, 0.25) is 0 Å². The van der Waals surface area contributed by atoms with E-state index in [0.717, 1.165) is 0 Å². The number of ketones is 1. The molecule has 0 fully saturated rings. The van der Waals surface area contributed by atoms with Crippen LogP contribution in [0.25, 0.3) is 5.57 Å². The van der Waals surface area contributed by atoms with Crippen molar-refractivity contribution in [3.63, 3.8) is 0 Å². The Kier molecular flexibility index (Phi) is 5.21. The molecule has 2 atom stereocenters. The van der Waals surface area contributed by atoms with Gasteiger partial charge in [-0.1, -0.05) is 24.3 Å². The molecule has 0 radical (unpaired) electrons. The molecule has 1 aliphatic rings. The van der Waals surface area contributed by atoms with Crippen LogP contribution in [-0.4, -0.2) is 43.4 Å². The molecule has 27 heavy (non-hydrogen) atoms. The number of carbonyl (C=O) groups excluding carboxylic acids is 1. The van der Waals surface area contributed by atoms with E-state index in [1.165, 1.54) is 14.2 Å². The van der Waals surface area contributed by atoms with E-state index in [2.05, 4.69) is 0 Å². The highest BCUT2D eigenvalue weighted by molar-refractivity contribution is 6.24. The Bertz CT molecular complexity index is 853. The molecule has 0 spiro atoms. The first-order chi connectivity index (χ1) is 12.9. The minimum Gasteiger partial charge on any atom is -0.500 e. The van der Waals surface area contributed by atoms with Gasteiger partial charge in [-0.2, -0.15) is 0 Å². The lowest BCUT2D eigenvalue weighted by Crippen LogP contribution is -2.48. The van der Waals surface area contributed by atoms with Crippen molar-refractivity contribution in [1.29, 1.82) is 0 Å². The summed E-state index contributed by atoms with van der Waals surface area (Å²) in [5.74, 6) is 0.979. The standard InChI is InChI=1S/C21H22O6/c1-25-15-8-4-13(5-9-15)18-17(27-3)12-21(24,20(23)19(18)22)14-6-10-16(26-2)11-7-14/h4-11,20,23-24H,12H2,1-3H3/t20-,21-/m0/s1. The maximum atomic E-state index is 13.0. The zero-order valence-corrected chi connectivity index (χ0v) is 15.4. The van der Waals surface area contributed by atoms with E-state index >= 15 is 0 Å². The van der Waals surface area contributed by atoms with Crippen molar-refractivity contribution in [2.24, 2.45) is 0 Å². The van der Waals surface area contributed by atoms with Crippen LogP contribution in [0, 0.1) is 0 Å². The fourth-order valence-electron chi connectivity index (χ4n) is 3.30. The van der Waals surface area contributed by atoms with E-state index in [1.54, 1.807) is 55.6 Å². The normalized spacial score (nSPS) is 22.6. The molecule has 0 bridgehead atoms. The quantitative estimate of drug-likeness (QED) is 0.840. The highest BCUT2D eigenvalue weighted by Gasteiger charge is 2.49. The van der Waals surface area contributed by atoms with Crippen LogP contribution in [0.3, 0.4) is 0 Å². The van der Waals surface area contributed by atoms with E-state index in [0.29, 0.717) is 28.4 Å². The first-order valence-corrected chi connectivity index (χ1v) is 8.45. The lowest BCUT2D eigenvalue weighted by molar-refractivity contribution is -0.143. The van der Waals surface area contributed by atoms with E-state index in [9.17, 15) is 15.0 Å². The monoisotopic (exact) mass is 370 g/mol. The maximum absolute atomic E-state index is 13.0. The van der Waals surface area contributed by atoms with Crippen LogP contribution in [0.2, 0.25) is 0 Å². The van der Waals surface area contributed by atoms with Crippen LogP contribution in [-0.2, 0) is 15.1 Å². The lowest BCUT2D eigenvalue weighted by atomic mass is 9.75. The Morgan fingerprint density at radius 2 is 1.41 bits per heavy atom. The number of hydrogen-bond acceptors (Lipinski definition) is 6. The average molecular weight is 370 g/mol. The lowest BCUT2D eigenvalue weighted by Gasteiger charge is -2.37. The summed E-state index contributed by atoms with van der Waals surface area (Å²) in [7, 11) is 4.53. The van der Waals surface area contributed by atoms with Crippen LogP contribution in [0.15, 0.2) is 54.3 Å². The second-order valence-electron chi connectivity index (χ2n) is 6.33. The summed E-state index contributed by atoms with van der Waals surface area (Å²) in [6.07, 6.45) is -1.66. The third-order valence-electron chi connectivity index (χ3n) is 4.87. The Morgan fingerprint density at radius 3 is 1.89 bits per heavy atom. The molecular formula is C21H22O6. The number of hydrogen-bond donors (Lipinski definition) is 2. The Labute approximate surface area is 157 Å². The molecule has 6 heteroatoms. The van der Waals surface area contributed by atoms with Crippen molar-refractivity contribution >= 4 is 11.4 Å². The van der Waals surface area contributed by atoms with Gasteiger partial charge in [-0.05, 0) is 35.4 Å². The number of aliphatic hydroxyl groups is 2. The zero-order chi connectivity index (χ0) is 19.6. The Balaban J connectivity index is 2.05. The highest BCUT2D eigenvalue weighted by atomic mass is 16.5. The molecule has 2 aromatic rings. The predicted octanol–water partition coefficient (Wildman–Crippen LogP) is 2.28. The van der Waals surface area contributed by atoms with Crippen molar-refractivity contribution in [2.75, 3.05) is 21.3 Å². The molecule has 0 amide bonds. The highest BCUT2D eigenvalue weighted by Crippen LogP contribution is 2.42. The van der Waals surface area contributed by atoms with Gasteiger partial charge in [0, 0.05) is 6.42 Å². The predicted molar refractivity (Wildman–Crippen MR) is 99.4 cm³/mol. The van der Waals surface area contributed by atoms with Crippen LogP contribution < -0.4 is 9.47 Å². The minimum atomic E-state index is -1.79. The third kappa shape index (κ3) is 3.29. The van der Waals surface area contributed by atoms with Gasteiger partial charge in [-0.15, -0.1) is 0 Å². The summed E-state index contributed by atoms with van der Waals surface area (Å²) in [5.41, 5.74) is -0.531. The molecule has 0 aliphatic heterocycles.